The first-order chi connectivity index (χ1) is 6.42. The van der Waals surface area contributed by atoms with Crippen molar-refractivity contribution in [3.8, 4) is 0 Å². The largest absolute Gasteiger partial charge is 0.351 e. The van der Waals surface area contributed by atoms with Gasteiger partial charge in [0.2, 0.25) is 0 Å². The number of fused-ring (bicyclic) bond motifs is 1. The van der Waals surface area contributed by atoms with Gasteiger partial charge in [0.15, 0.2) is 0 Å². The van der Waals surface area contributed by atoms with Crippen LogP contribution < -0.4 is 0 Å². The number of aryl methyl sites for hydroxylation is 2. The molecule has 0 saturated carbocycles. The maximum absolute atomic E-state index is 2.38. The average molecular weight is 179 g/mol. The van der Waals surface area contributed by atoms with E-state index in [-0.39, 0.29) is 0 Å². The third kappa shape index (κ3) is 2.15. The molecule has 1 nitrogen and oxygen atoms in total. The van der Waals surface area contributed by atoms with E-state index >= 15 is 0 Å². The minimum absolute atomic E-state index is 1.13. The van der Waals surface area contributed by atoms with Gasteiger partial charge in [-0.15, -0.1) is 0 Å². The average Bonchev–Trinajstić information content (AvgIpc) is 2.64. The molecule has 0 N–H and O–H groups in total. The van der Waals surface area contributed by atoms with Crippen LogP contribution in [0.2, 0.25) is 0 Å². The van der Waals surface area contributed by atoms with Crippen molar-refractivity contribution in [3.63, 3.8) is 0 Å². The molecule has 2 rings (SSSR count). The molecule has 0 unspecified atom stereocenters. The summed E-state index contributed by atoms with van der Waals surface area (Å²) in [5.74, 6) is 0. The van der Waals surface area contributed by atoms with E-state index in [0.29, 0.717) is 0 Å². The molecule has 0 aromatic carbocycles. The van der Waals surface area contributed by atoms with E-state index in [1.807, 2.05) is 13.8 Å². The highest BCUT2D eigenvalue weighted by Crippen LogP contribution is 2.21. The number of aromatic nitrogens is 1. The van der Waals surface area contributed by atoms with Crippen molar-refractivity contribution >= 4 is 0 Å². The lowest BCUT2D eigenvalue weighted by molar-refractivity contribution is 0.622. The standard InChI is InChI=1S/C10H15N.C2H6/c1-2-11-8-7-9-5-3-4-6-10(9)11;1-2/h7-8H,2-6H2,1H3;1-2H3. The van der Waals surface area contributed by atoms with Crippen LogP contribution in [0.4, 0.5) is 0 Å². The van der Waals surface area contributed by atoms with Crippen molar-refractivity contribution in [1.29, 1.82) is 0 Å². The lowest BCUT2D eigenvalue weighted by atomic mass is 9.98. The predicted molar refractivity (Wildman–Crippen MR) is 58.1 cm³/mol. The maximum Gasteiger partial charge on any atom is 0.0206 e. The summed E-state index contributed by atoms with van der Waals surface area (Å²) < 4.78 is 2.38. The highest BCUT2D eigenvalue weighted by Gasteiger charge is 2.11. The van der Waals surface area contributed by atoms with E-state index in [4.69, 9.17) is 0 Å². The first kappa shape index (κ1) is 10.4. The summed E-state index contributed by atoms with van der Waals surface area (Å²) >= 11 is 0. The highest BCUT2D eigenvalue weighted by molar-refractivity contribution is 5.24. The van der Waals surface area contributed by atoms with Crippen LogP contribution in [0.3, 0.4) is 0 Å². The van der Waals surface area contributed by atoms with Crippen molar-refractivity contribution in [2.75, 3.05) is 0 Å². The van der Waals surface area contributed by atoms with E-state index < -0.39 is 0 Å². The van der Waals surface area contributed by atoms with Crippen LogP contribution in [-0.4, -0.2) is 4.57 Å². The molecule has 0 atom stereocenters. The fourth-order valence-corrected chi connectivity index (χ4v) is 1.99. The number of hydrogen-bond donors (Lipinski definition) is 0. The van der Waals surface area contributed by atoms with Gasteiger partial charge in [-0.2, -0.15) is 0 Å². The highest BCUT2D eigenvalue weighted by atomic mass is 15.0. The second-order valence-corrected chi connectivity index (χ2v) is 3.28. The Morgan fingerprint density at radius 1 is 1.23 bits per heavy atom. The number of hydrogen-bond acceptors (Lipinski definition) is 0. The molecular formula is C12H21N. The van der Waals surface area contributed by atoms with Gasteiger partial charge >= 0.3 is 0 Å². The molecule has 0 fully saturated rings. The molecule has 1 aliphatic rings. The van der Waals surface area contributed by atoms with Crippen LogP contribution in [0.1, 0.15) is 44.9 Å². The first-order valence-electron chi connectivity index (χ1n) is 5.58. The molecular weight excluding hydrogens is 158 g/mol. The van der Waals surface area contributed by atoms with Gasteiger partial charge in [0.1, 0.15) is 0 Å². The van der Waals surface area contributed by atoms with Crippen molar-refractivity contribution in [2.45, 2.75) is 53.0 Å². The zero-order valence-corrected chi connectivity index (χ0v) is 9.14. The summed E-state index contributed by atoms with van der Waals surface area (Å²) in [5.41, 5.74) is 3.19. The van der Waals surface area contributed by atoms with Gasteiger partial charge in [-0.05, 0) is 44.2 Å². The van der Waals surface area contributed by atoms with Gasteiger partial charge in [0.05, 0.1) is 0 Å². The van der Waals surface area contributed by atoms with Crippen molar-refractivity contribution < 1.29 is 0 Å². The van der Waals surface area contributed by atoms with Crippen molar-refractivity contribution in [2.24, 2.45) is 0 Å². The van der Waals surface area contributed by atoms with Crippen LogP contribution >= 0.6 is 0 Å². The summed E-state index contributed by atoms with van der Waals surface area (Å²) in [6.45, 7) is 7.35. The van der Waals surface area contributed by atoms with Gasteiger partial charge in [0.25, 0.3) is 0 Å². The summed E-state index contributed by atoms with van der Waals surface area (Å²) in [6.07, 6.45) is 7.62. The third-order valence-electron chi connectivity index (χ3n) is 2.62. The molecule has 1 heterocycles. The Bertz CT molecular complexity index is 234. The van der Waals surface area contributed by atoms with E-state index in [0.717, 1.165) is 6.54 Å². The van der Waals surface area contributed by atoms with Crippen LogP contribution in [0, 0.1) is 0 Å². The lowest BCUT2D eigenvalue weighted by Crippen LogP contribution is -2.06. The minimum atomic E-state index is 1.13. The molecule has 0 amide bonds. The Labute approximate surface area is 81.8 Å². The zero-order valence-electron chi connectivity index (χ0n) is 9.14. The van der Waals surface area contributed by atoms with Gasteiger partial charge in [-0.25, -0.2) is 0 Å². The number of nitrogens with zero attached hydrogens (tertiary/aromatic N) is 1. The summed E-state index contributed by atoms with van der Waals surface area (Å²) in [6, 6.07) is 2.29. The molecule has 1 aliphatic carbocycles. The van der Waals surface area contributed by atoms with E-state index in [1.54, 1.807) is 11.3 Å². The topological polar surface area (TPSA) is 4.93 Å². The summed E-state index contributed by atoms with van der Waals surface area (Å²) in [5, 5.41) is 0. The fraction of sp³-hybridized carbons (Fsp3) is 0.667. The second-order valence-electron chi connectivity index (χ2n) is 3.28. The van der Waals surface area contributed by atoms with Gasteiger partial charge in [0, 0.05) is 18.4 Å². The molecule has 1 aromatic heterocycles. The summed E-state index contributed by atoms with van der Waals surface area (Å²) in [4.78, 5) is 0. The Morgan fingerprint density at radius 3 is 2.62 bits per heavy atom. The maximum atomic E-state index is 2.38. The second kappa shape index (κ2) is 5.11. The third-order valence-corrected chi connectivity index (χ3v) is 2.62. The molecule has 0 spiro atoms. The van der Waals surface area contributed by atoms with Crippen LogP contribution in [0.15, 0.2) is 12.3 Å². The molecule has 13 heavy (non-hydrogen) atoms. The Morgan fingerprint density at radius 2 is 1.92 bits per heavy atom. The molecule has 1 heteroatoms. The molecule has 1 aromatic rings. The summed E-state index contributed by atoms with van der Waals surface area (Å²) in [7, 11) is 0. The molecule has 0 aliphatic heterocycles. The predicted octanol–water partition coefficient (Wildman–Crippen LogP) is 3.41. The van der Waals surface area contributed by atoms with Gasteiger partial charge < -0.3 is 4.57 Å². The smallest absolute Gasteiger partial charge is 0.0206 e. The van der Waals surface area contributed by atoms with E-state index in [1.165, 1.54) is 25.7 Å². The SMILES string of the molecule is CC.CCn1ccc2c1CCCC2. The van der Waals surface area contributed by atoms with E-state index in [9.17, 15) is 0 Å². The molecule has 0 saturated heterocycles. The van der Waals surface area contributed by atoms with Gasteiger partial charge in [-0.1, -0.05) is 13.8 Å². The van der Waals surface area contributed by atoms with Crippen molar-refractivity contribution in [3.05, 3.63) is 23.5 Å². The van der Waals surface area contributed by atoms with Crippen LogP contribution in [0.25, 0.3) is 0 Å². The molecule has 74 valence electrons. The van der Waals surface area contributed by atoms with Crippen LogP contribution in [-0.2, 0) is 19.4 Å². The molecule has 0 radical (unpaired) electrons. The Hall–Kier alpha value is -0.720. The normalized spacial score (nSPS) is 14.4. The quantitative estimate of drug-likeness (QED) is 0.622. The van der Waals surface area contributed by atoms with Gasteiger partial charge in [-0.3, -0.25) is 0 Å². The monoisotopic (exact) mass is 179 g/mol. The molecule has 0 bridgehead atoms. The lowest BCUT2D eigenvalue weighted by Gasteiger charge is -2.14. The minimum Gasteiger partial charge on any atom is -0.351 e. The number of rotatable bonds is 1. The first-order valence-corrected chi connectivity index (χ1v) is 5.58. The fourth-order valence-electron chi connectivity index (χ4n) is 1.99. The Balaban J connectivity index is 0.000000396. The van der Waals surface area contributed by atoms with Crippen LogP contribution in [0.5, 0.6) is 0 Å². The zero-order chi connectivity index (χ0) is 9.68. The van der Waals surface area contributed by atoms with Crippen molar-refractivity contribution in [1.82, 2.24) is 4.57 Å². The Kier molecular flexibility index (Phi) is 4.07. The van der Waals surface area contributed by atoms with E-state index in [2.05, 4.69) is 23.8 Å².